The molecule has 0 aromatic heterocycles. The molecule has 0 spiro atoms. The Hall–Kier alpha value is -2.92. The van der Waals surface area contributed by atoms with E-state index in [2.05, 4.69) is 13.8 Å². The third kappa shape index (κ3) is 10.8. The minimum atomic E-state index is -0.598. The minimum absolute atomic E-state index is 0.0516. The van der Waals surface area contributed by atoms with E-state index in [4.69, 9.17) is 33.2 Å². The van der Waals surface area contributed by atoms with Gasteiger partial charge in [-0.05, 0) is 69.9 Å². The van der Waals surface area contributed by atoms with E-state index in [9.17, 15) is 9.59 Å². The van der Waals surface area contributed by atoms with Crippen LogP contribution in [0, 0.1) is 17.8 Å². The highest BCUT2D eigenvalue weighted by Gasteiger charge is 2.43. The van der Waals surface area contributed by atoms with Crippen LogP contribution >= 0.6 is 0 Å². The molecule has 2 amide bonds. The number of hydrogen-bond acceptors (Lipinski definition) is 9. The molecule has 11 heteroatoms. The molecule has 0 unspecified atom stereocenters. The molecule has 0 bridgehead atoms. The van der Waals surface area contributed by atoms with Crippen LogP contribution in [0.2, 0.25) is 0 Å². The molecule has 3 fully saturated rings. The van der Waals surface area contributed by atoms with Gasteiger partial charge in [-0.1, -0.05) is 13.8 Å². The second kappa shape index (κ2) is 16.8. The molecular weight excluding hydrogens is 592 g/mol. The quantitative estimate of drug-likeness (QED) is 0.207. The fourth-order valence-electron chi connectivity index (χ4n) is 6.06. The van der Waals surface area contributed by atoms with Gasteiger partial charge < -0.3 is 43.0 Å². The maximum atomic E-state index is 13.5. The highest BCUT2D eigenvalue weighted by atomic mass is 16.6. The van der Waals surface area contributed by atoms with Gasteiger partial charge in [-0.15, -0.1) is 0 Å². The van der Waals surface area contributed by atoms with E-state index in [1.54, 1.807) is 19.1 Å². The first-order chi connectivity index (χ1) is 22.0. The molecule has 1 saturated carbocycles. The summed E-state index contributed by atoms with van der Waals surface area (Å²) in [6, 6.07) is 5.82. The van der Waals surface area contributed by atoms with Crippen LogP contribution in [0.3, 0.4) is 0 Å². The van der Waals surface area contributed by atoms with Crippen molar-refractivity contribution >= 4 is 12.2 Å². The molecule has 3 atom stereocenters. The van der Waals surface area contributed by atoms with Gasteiger partial charge in [0, 0.05) is 64.7 Å². The summed E-state index contributed by atoms with van der Waals surface area (Å²) in [5.41, 5.74) is -0.598. The van der Waals surface area contributed by atoms with Gasteiger partial charge in [-0.25, -0.2) is 9.59 Å². The average Bonchev–Trinajstić information content (AvgIpc) is 3.77. The van der Waals surface area contributed by atoms with Crippen LogP contribution in [-0.2, 0) is 18.9 Å². The van der Waals surface area contributed by atoms with Gasteiger partial charge in [0.15, 0.2) is 11.5 Å². The summed E-state index contributed by atoms with van der Waals surface area (Å²) >= 11 is 0. The Labute approximate surface area is 275 Å². The number of methoxy groups -OCH3 is 2. The zero-order chi connectivity index (χ0) is 33.3. The van der Waals surface area contributed by atoms with Gasteiger partial charge >= 0.3 is 12.2 Å². The number of rotatable bonds is 15. The highest BCUT2D eigenvalue weighted by molar-refractivity contribution is 5.69. The molecule has 11 nitrogen and oxygen atoms in total. The first-order valence-corrected chi connectivity index (χ1v) is 17.0. The molecule has 260 valence electrons. The van der Waals surface area contributed by atoms with E-state index in [0.717, 1.165) is 32.1 Å². The zero-order valence-corrected chi connectivity index (χ0v) is 29.0. The van der Waals surface area contributed by atoms with Crippen molar-refractivity contribution in [2.24, 2.45) is 17.8 Å². The summed E-state index contributed by atoms with van der Waals surface area (Å²) in [7, 11) is 3.29. The number of carbonyl (C=O) groups is 2. The smallest absolute Gasteiger partial charge is 0.410 e. The van der Waals surface area contributed by atoms with E-state index in [-0.39, 0.29) is 48.2 Å². The van der Waals surface area contributed by atoms with Crippen LogP contribution in [0.25, 0.3) is 0 Å². The van der Waals surface area contributed by atoms with Crippen molar-refractivity contribution in [1.29, 1.82) is 0 Å². The average molecular weight is 649 g/mol. The van der Waals surface area contributed by atoms with Gasteiger partial charge in [0.05, 0.1) is 26.9 Å². The molecule has 2 aliphatic heterocycles. The van der Waals surface area contributed by atoms with E-state index in [1.165, 1.54) is 0 Å². The SMILES string of the molecule is COCCCOc1cc(O[C@@H](C[C@@H]2CN(C(=O)OC(C)(C)C)C[C@H]2CN(C(=O)OC2CCOCC2)C2CC2)C(C)C)ccc1OC. The van der Waals surface area contributed by atoms with E-state index < -0.39 is 5.60 Å². The summed E-state index contributed by atoms with van der Waals surface area (Å²) in [4.78, 5) is 30.4. The van der Waals surface area contributed by atoms with E-state index in [0.29, 0.717) is 69.7 Å². The summed E-state index contributed by atoms with van der Waals surface area (Å²) in [5.74, 6) is 2.30. The maximum Gasteiger partial charge on any atom is 0.410 e. The number of carbonyl (C=O) groups excluding carboxylic acids is 2. The topological polar surface area (TPSA) is 105 Å². The van der Waals surface area contributed by atoms with Gasteiger partial charge in [-0.3, -0.25) is 0 Å². The van der Waals surface area contributed by atoms with Crippen molar-refractivity contribution < 1.29 is 42.7 Å². The molecule has 0 N–H and O–H groups in total. The summed E-state index contributed by atoms with van der Waals surface area (Å²) in [6.45, 7) is 13.9. The standard InChI is InChI=1S/C35H56N2O9/c1-24(2)31(44-29-11-12-30(41-7)32(20-29)43-16-8-15-40-6)19-25-21-36(33(38)46-35(3,4)5)22-26(25)23-37(27-9-10-27)34(39)45-28-13-17-42-18-14-28/h11-12,20,24-28,31H,8-10,13-19,21-23H2,1-7H3/t25-,26+,31+/m1/s1. The van der Waals surface area contributed by atoms with Crippen LogP contribution in [0.1, 0.15) is 73.1 Å². The lowest BCUT2D eigenvalue weighted by Gasteiger charge is -2.32. The monoisotopic (exact) mass is 648 g/mol. The Balaban J connectivity index is 1.49. The maximum absolute atomic E-state index is 13.5. The highest BCUT2D eigenvalue weighted by Crippen LogP contribution is 2.37. The predicted octanol–water partition coefficient (Wildman–Crippen LogP) is 6.17. The number of benzene rings is 1. The second-order valence-corrected chi connectivity index (χ2v) is 14.1. The molecule has 46 heavy (non-hydrogen) atoms. The number of amides is 2. The van der Waals surface area contributed by atoms with Crippen molar-refractivity contribution in [1.82, 2.24) is 9.80 Å². The molecule has 1 aromatic rings. The molecule has 1 aromatic carbocycles. The summed E-state index contributed by atoms with van der Waals surface area (Å²) in [5, 5.41) is 0. The van der Waals surface area contributed by atoms with Crippen LogP contribution < -0.4 is 14.2 Å². The van der Waals surface area contributed by atoms with Gasteiger partial charge in [0.1, 0.15) is 23.6 Å². The van der Waals surface area contributed by atoms with E-state index >= 15 is 0 Å². The third-order valence-electron chi connectivity index (χ3n) is 8.77. The lowest BCUT2D eigenvalue weighted by Crippen LogP contribution is -2.42. The molecular formula is C35H56N2O9. The number of hydrogen-bond donors (Lipinski definition) is 0. The Morgan fingerprint density at radius 2 is 1.72 bits per heavy atom. The van der Waals surface area contributed by atoms with Gasteiger partial charge in [-0.2, -0.15) is 0 Å². The second-order valence-electron chi connectivity index (χ2n) is 14.1. The molecule has 0 radical (unpaired) electrons. The fourth-order valence-corrected chi connectivity index (χ4v) is 6.06. The summed E-state index contributed by atoms with van der Waals surface area (Å²) < 4.78 is 40.5. The third-order valence-corrected chi connectivity index (χ3v) is 8.77. The normalized spacial score (nSPS) is 21.2. The van der Waals surface area contributed by atoms with Crippen LogP contribution in [0.15, 0.2) is 18.2 Å². The number of nitrogens with zero attached hydrogens (tertiary/aromatic N) is 2. The predicted molar refractivity (Wildman–Crippen MR) is 174 cm³/mol. The van der Waals surface area contributed by atoms with Crippen molar-refractivity contribution in [3.05, 3.63) is 18.2 Å². The first kappa shape index (κ1) is 35.9. The molecule has 2 heterocycles. The lowest BCUT2D eigenvalue weighted by molar-refractivity contribution is -0.0129. The molecule has 4 rings (SSSR count). The zero-order valence-electron chi connectivity index (χ0n) is 29.0. The van der Waals surface area contributed by atoms with Crippen LogP contribution in [0.5, 0.6) is 17.2 Å². The molecule has 1 aliphatic carbocycles. The lowest BCUT2D eigenvalue weighted by atomic mass is 9.87. The Kier molecular flexibility index (Phi) is 13.1. The van der Waals surface area contributed by atoms with Crippen molar-refractivity contribution in [2.75, 3.05) is 60.3 Å². The first-order valence-electron chi connectivity index (χ1n) is 17.0. The fraction of sp³-hybridized carbons (Fsp3) is 0.771. The van der Waals surface area contributed by atoms with Crippen molar-refractivity contribution in [3.8, 4) is 17.2 Å². The van der Waals surface area contributed by atoms with Crippen molar-refractivity contribution in [2.45, 2.75) is 97.0 Å². The number of likely N-dealkylation sites (tertiary alicyclic amines) is 1. The van der Waals surface area contributed by atoms with Gasteiger partial charge in [0.25, 0.3) is 0 Å². The Morgan fingerprint density at radius 1 is 1.00 bits per heavy atom. The minimum Gasteiger partial charge on any atom is -0.493 e. The Morgan fingerprint density at radius 3 is 2.35 bits per heavy atom. The van der Waals surface area contributed by atoms with Crippen LogP contribution in [0.4, 0.5) is 9.59 Å². The van der Waals surface area contributed by atoms with E-state index in [1.807, 2.05) is 43.9 Å². The molecule has 2 saturated heterocycles. The van der Waals surface area contributed by atoms with Crippen LogP contribution in [-0.4, -0.2) is 106 Å². The summed E-state index contributed by atoms with van der Waals surface area (Å²) in [6.07, 6.45) is 4.04. The van der Waals surface area contributed by atoms with Gasteiger partial charge in [0.2, 0.25) is 0 Å². The largest absolute Gasteiger partial charge is 0.493 e. The van der Waals surface area contributed by atoms with Crippen molar-refractivity contribution in [3.63, 3.8) is 0 Å². The number of ether oxygens (including phenoxy) is 7. The molecule has 3 aliphatic rings. The Bertz CT molecular complexity index is 1110.